The highest BCUT2D eigenvalue weighted by Crippen LogP contribution is 2.30. The Hall–Kier alpha value is -3.51. The van der Waals surface area contributed by atoms with Crippen LogP contribution in [0, 0.1) is 0 Å². The van der Waals surface area contributed by atoms with Crippen molar-refractivity contribution < 1.29 is 19.1 Å². The lowest BCUT2D eigenvalue weighted by atomic mass is 10.1. The van der Waals surface area contributed by atoms with Crippen molar-refractivity contribution in [2.45, 2.75) is 20.1 Å². The standard InChI is InChI=1S/C25H25ClN2O4/c1-17(29)28(2)15-19-8-5-7-11-22(19)27-25(30)18-12-13-23(24(14-18)31-3)32-16-20-9-4-6-10-21(20)26/h4-14H,15-16H2,1-3H3,(H,27,30). The molecule has 166 valence electrons. The van der Waals surface area contributed by atoms with Gasteiger partial charge in [-0.2, -0.15) is 0 Å². The van der Waals surface area contributed by atoms with Crippen molar-refractivity contribution in [1.82, 2.24) is 4.90 Å². The van der Waals surface area contributed by atoms with Crippen LogP contribution >= 0.6 is 11.6 Å². The quantitative estimate of drug-likeness (QED) is 0.512. The average Bonchev–Trinajstić information content (AvgIpc) is 2.79. The first-order valence-corrected chi connectivity index (χ1v) is 10.4. The van der Waals surface area contributed by atoms with Gasteiger partial charge in [0.2, 0.25) is 5.91 Å². The van der Waals surface area contributed by atoms with E-state index in [1.165, 1.54) is 14.0 Å². The fourth-order valence-corrected chi connectivity index (χ4v) is 3.23. The Morgan fingerprint density at radius 1 is 0.969 bits per heavy atom. The Kier molecular flexibility index (Phi) is 7.73. The van der Waals surface area contributed by atoms with E-state index < -0.39 is 0 Å². The molecule has 32 heavy (non-hydrogen) atoms. The van der Waals surface area contributed by atoms with Gasteiger partial charge in [0.15, 0.2) is 11.5 Å². The molecule has 2 amide bonds. The fraction of sp³-hybridized carbons (Fsp3) is 0.200. The van der Waals surface area contributed by atoms with E-state index >= 15 is 0 Å². The summed E-state index contributed by atoms with van der Waals surface area (Å²) >= 11 is 6.18. The molecule has 0 unspecified atom stereocenters. The largest absolute Gasteiger partial charge is 0.493 e. The van der Waals surface area contributed by atoms with E-state index in [4.69, 9.17) is 21.1 Å². The molecule has 0 aliphatic rings. The van der Waals surface area contributed by atoms with Gasteiger partial charge in [0.25, 0.3) is 5.91 Å². The molecule has 3 rings (SSSR count). The van der Waals surface area contributed by atoms with Gasteiger partial charge in [-0.1, -0.05) is 48.0 Å². The molecule has 0 saturated heterocycles. The first-order chi connectivity index (χ1) is 15.4. The highest BCUT2D eigenvalue weighted by Gasteiger charge is 2.14. The summed E-state index contributed by atoms with van der Waals surface area (Å²) in [5, 5.41) is 3.54. The molecule has 0 radical (unpaired) electrons. The van der Waals surface area contributed by atoms with Crippen LogP contribution in [0.4, 0.5) is 5.69 Å². The van der Waals surface area contributed by atoms with Gasteiger partial charge in [0, 0.05) is 42.4 Å². The first kappa shape index (κ1) is 23.2. The summed E-state index contributed by atoms with van der Waals surface area (Å²) in [5.74, 6) is 0.601. The van der Waals surface area contributed by atoms with Crippen LogP contribution < -0.4 is 14.8 Å². The lowest BCUT2D eigenvalue weighted by molar-refractivity contribution is -0.128. The lowest BCUT2D eigenvalue weighted by Gasteiger charge is -2.18. The summed E-state index contributed by atoms with van der Waals surface area (Å²) in [6.45, 7) is 2.17. The zero-order valence-electron chi connectivity index (χ0n) is 18.2. The number of hydrogen-bond acceptors (Lipinski definition) is 4. The second-order valence-corrected chi connectivity index (χ2v) is 7.64. The molecule has 0 saturated carbocycles. The maximum Gasteiger partial charge on any atom is 0.255 e. The van der Waals surface area contributed by atoms with Gasteiger partial charge in [-0.25, -0.2) is 0 Å². The molecular formula is C25H25ClN2O4. The predicted octanol–water partition coefficient (Wildman–Crippen LogP) is 5.16. The summed E-state index contributed by atoms with van der Waals surface area (Å²) < 4.78 is 11.3. The number of benzene rings is 3. The van der Waals surface area contributed by atoms with Crippen LogP contribution in [0.5, 0.6) is 11.5 Å². The summed E-state index contributed by atoms with van der Waals surface area (Å²) in [6, 6.07) is 19.8. The topological polar surface area (TPSA) is 67.9 Å². The van der Waals surface area contributed by atoms with E-state index in [2.05, 4.69) is 5.32 Å². The van der Waals surface area contributed by atoms with Crippen molar-refractivity contribution in [2.24, 2.45) is 0 Å². The molecule has 1 N–H and O–H groups in total. The number of para-hydroxylation sites is 1. The van der Waals surface area contributed by atoms with E-state index in [1.807, 2.05) is 36.4 Å². The number of carbonyl (C=O) groups is 2. The number of methoxy groups -OCH3 is 1. The molecule has 7 heteroatoms. The number of hydrogen-bond donors (Lipinski definition) is 1. The van der Waals surface area contributed by atoms with E-state index in [9.17, 15) is 9.59 Å². The van der Waals surface area contributed by atoms with E-state index in [-0.39, 0.29) is 18.4 Å². The molecule has 0 atom stereocenters. The molecule has 6 nitrogen and oxygen atoms in total. The second kappa shape index (κ2) is 10.7. The van der Waals surface area contributed by atoms with E-state index in [1.54, 1.807) is 42.3 Å². The summed E-state index contributed by atoms with van der Waals surface area (Å²) in [6.07, 6.45) is 0. The van der Waals surface area contributed by atoms with Crippen LogP contribution in [0.1, 0.15) is 28.4 Å². The fourth-order valence-electron chi connectivity index (χ4n) is 3.04. The van der Waals surface area contributed by atoms with Crippen molar-refractivity contribution in [1.29, 1.82) is 0 Å². The SMILES string of the molecule is COc1cc(C(=O)Nc2ccccc2CN(C)C(C)=O)ccc1OCc1ccccc1Cl. The van der Waals surface area contributed by atoms with Crippen molar-refractivity contribution in [2.75, 3.05) is 19.5 Å². The molecule has 0 heterocycles. The van der Waals surface area contributed by atoms with Gasteiger partial charge >= 0.3 is 0 Å². The molecule has 0 spiro atoms. The Bertz CT molecular complexity index is 1120. The molecule has 0 fully saturated rings. The molecule has 0 aliphatic heterocycles. The summed E-state index contributed by atoms with van der Waals surface area (Å²) in [7, 11) is 3.24. The predicted molar refractivity (Wildman–Crippen MR) is 125 cm³/mol. The van der Waals surface area contributed by atoms with Gasteiger partial charge in [-0.15, -0.1) is 0 Å². The lowest BCUT2D eigenvalue weighted by Crippen LogP contribution is -2.24. The molecule has 3 aromatic carbocycles. The average molecular weight is 453 g/mol. The Morgan fingerprint density at radius 3 is 2.34 bits per heavy atom. The number of rotatable bonds is 8. The summed E-state index contributed by atoms with van der Waals surface area (Å²) in [4.78, 5) is 26.0. The van der Waals surface area contributed by atoms with Crippen molar-refractivity contribution in [3.8, 4) is 11.5 Å². The highest BCUT2D eigenvalue weighted by atomic mass is 35.5. The van der Waals surface area contributed by atoms with E-state index in [0.717, 1.165) is 11.1 Å². The minimum atomic E-state index is -0.293. The van der Waals surface area contributed by atoms with Gasteiger partial charge in [-0.05, 0) is 35.9 Å². The van der Waals surface area contributed by atoms with Gasteiger partial charge in [-0.3, -0.25) is 9.59 Å². The Morgan fingerprint density at radius 2 is 1.66 bits per heavy atom. The third kappa shape index (κ3) is 5.80. The van der Waals surface area contributed by atoms with E-state index in [0.29, 0.717) is 34.3 Å². The third-order valence-corrected chi connectivity index (χ3v) is 5.35. The van der Waals surface area contributed by atoms with Gasteiger partial charge < -0.3 is 19.7 Å². The van der Waals surface area contributed by atoms with Crippen molar-refractivity contribution in [3.63, 3.8) is 0 Å². The number of carbonyl (C=O) groups excluding carboxylic acids is 2. The van der Waals surface area contributed by atoms with Crippen LogP contribution in [-0.4, -0.2) is 30.9 Å². The van der Waals surface area contributed by atoms with Crippen LogP contribution in [-0.2, 0) is 17.9 Å². The van der Waals surface area contributed by atoms with Crippen LogP contribution in [0.15, 0.2) is 66.7 Å². The molecule has 0 bridgehead atoms. The number of halogens is 1. The normalized spacial score (nSPS) is 10.4. The maximum absolute atomic E-state index is 12.9. The minimum absolute atomic E-state index is 0.0526. The Labute approximate surface area is 192 Å². The smallest absolute Gasteiger partial charge is 0.255 e. The number of anilines is 1. The molecule has 0 aromatic heterocycles. The molecule has 0 aliphatic carbocycles. The van der Waals surface area contributed by atoms with Gasteiger partial charge in [0.05, 0.1) is 7.11 Å². The van der Waals surface area contributed by atoms with Crippen molar-refractivity contribution >= 4 is 29.1 Å². The van der Waals surface area contributed by atoms with Crippen LogP contribution in [0.2, 0.25) is 5.02 Å². The molecule has 3 aromatic rings. The van der Waals surface area contributed by atoms with Crippen LogP contribution in [0.3, 0.4) is 0 Å². The second-order valence-electron chi connectivity index (χ2n) is 7.23. The first-order valence-electron chi connectivity index (χ1n) is 10.0. The van der Waals surface area contributed by atoms with Crippen molar-refractivity contribution in [3.05, 3.63) is 88.4 Å². The summed E-state index contributed by atoms with van der Waals surface area (Å²) in [5.41, 5.74) is 2.75. The Balaban J connectivity index is 1.74. The zero-order valence-corrected chi connectivity index (χ0v) is 19.0. The molecular weight excluding hydrogens is 428 g/mol. The monoisotopic (exact) mass is 452 g/mol. The number of nitrogens with one attached hydrogen (secondary N) is 1. The van der Waals surface area contributed by atoms with Gasteiger partial charge in [0.1, 0.15) is 6.61 Å². The highest BCUT2D eigenvalue weighted by molar-refractivity contribution is 6.31. The number of ether oxygens (including phenoxy) is 2. The minimum Gasteiger partial charge on any atom is -0.493 e. The maximum atomic E-state index is 12.9. The third-order valence-electron chi connectivity index (χ3n) is 4.98. The van der Waals surface area contributed by atoms with Crippen LogP contribution in [0.25, 0.3) is 0 Å². The number of amides is 2. The number of nitrogens with zero attached hydrogens (tertiary/aromatic N) is 1. The zero-order chi connectivity index (χ0) is 23.1.